The minimum atomic E-state index is -0.524. The van der Waals surface area contributed by atoms with Crippen LogP contribution < -0.4 is 10.5 Å². The van der Waals surface area contributed by atoms with Crippen molar-refractivity contribution in [1.82, 2.24) is 0 Å². The van der Waals surface area contributed by atoms with Crippen LogP contribution in [0.3, 0.4) is 0 Å². The molecule has 0 spiro atoms. The summed E-state index contributed by atoms with van der Waals surface area (Å²) in [4.78, 5) is 21.6. The lowest BCUT2D eigenvalue weighted by atomic mass is 10.1. The zero-order valence-corrected chi connectivity index (χ0v) is 10.4. The average molecular weight is 266 g/mol. The second-order valence-corrected chi connectivity index (χ2v) is 3.98. The quantitative estimate of drug-likeness (QED) is 0.859. The van der Waals surface area contributed by atoms with E-state index in [-0.39, 0.29) is 5.56 Å². The van der Waals surface area contributed by atoms with Gasteiger partial charge in [-0.25, -0.2) is 0 Å². The molecular weight excluding hydrogens is 256 g/mol. The number of carbonyl (C=O) groups is 2. The molecule has 0 aliphatic carbocycles. The highest BCUT2D eigenvalue weighted by atomic mass is 16.5. The van der Waals surface area contributed by atoms with Gasteiger partial charge in [-0.05, 0) is 42.5 Å². The smallest absolute Gasteiger partial charge is 0.248 e. The van der Waals surface area contributed by atoms with Gasteiger partial charge in [0.25, 0.3) is 0 Å². The van der Waals surface area contributed by atoms with E-state index in [0.717, 1.165) is 0 Å². The van der Waals surface area contributed by atoms with Crippen molar-refractivity contribution >= 4 is 12.2 Å². The minimum Gasteiger partial charge on any atom is -0.456 e. The molecule has 0 atom stereocenters. The number of nitrogens with two attached hydrogens (primary N) is 1. The van der Waals surface area contributed by atoms with Crippen LogP contribution in [0.25, 0.3) is 0 Å². The topological polar surface area (TPSA) is 93.2 Å². The van der Waals surface area contributed by atoms with Gasteiger partial charge in [0.15, 0.2) is 0 Å². The molecule has 2 aromatic rings. The predicted molar refractivity (Wildman–Crippen MR) is 71.6 cm³/mol. The molecule has 0 aromatic heterocycles. The number of hydrogen-bond acceptors (Lipinski definition) is 4. The number of benzene rings is 2. The molecule has 1 amide bonds. The van der Waals surface area contributed by atoms with E-state index in [2.05, 4.69) is 0 Å². The third-order valence-corrected chi connectivity index (χ3v) is 2.63. The van der Waals surface area contributed by atoms with Crippen molar-refractivity contribution in [3.8, 4) is 17.6 Å². The molecule has 0 heterocycles. The van der Waals surface area contributed by atoms with Crippen LogP contribution in [-0.2, 0) is 0 Å². The summed E-state index contributed by atoms with van der Waals surface area (Å²) in [6.07, 6.45) is 0.659. The Labute approximate surface area is 115 Å². The van der Waals surface area contributed by atoms with Gasteiger partial charge in [-0.15, -0.1) is 0 Å². The number of aldehydes is 1. The third kappa shape index (κ3) is 2.82. The summed E-state index contributed by atoms with van der Waals surface area (Å²) in [5.41, 5.74) is 6.17. The Balaban J connectivity index is 2.28. The predicted octanol–water partition coefficient (Wildman–Crippen LogP) is 2.26. The Hall–Kier alpha value is -3.13. The third-order valence-electron chi connectivity index (χ3n) is 2.63. The van der Waals surface area contributed by atoms with Gasteiger partial charge in [0.2, 0.25) is 5.91 Å². The molecule has 0 saturated carbocycles. The second kappa shape index (κ2) is 5.67. The molecule has 0 radical (unpaired) electrons. The van der Waals surface area contributed by atoms with E-state index in [9.17, 15) is 9.59 Å². The van der Waals surface area contributed by atoms with E-state index in [0.29, 0.717) is 28.9 Å². The van der Waals surface area contributed by atoms with Crippen LogP contribution in [-0.4, -0.2) is 12.2 Å². The van der Waals surface area contributed by atoms with Crippen molar-refractivity contribution in [2.75, 3.05) is 0 Å². The molecule has 0 bridgehead atoms. The van der Waals surface area contributed by atoms with Crippen molar-refractivity contribution in [1.29, 1.82) is 5.26 Å². The Morgan fingerprint density at radius 2 is 1.90 bits per heavy atom. The number of amides is 1. The van der Waals surface area contributed by atoms with Crippen LogP contribution in [0.4, 0.5) is 0 Å². The first-order valence-corrected chi connectivity index (χ1v) is 5.71. The van der Waals surface area contributed by atoms with E-state index in [4.69, 9.17) is 15.7 Å². The summed E-state index contributed by atoms with van der Waals surface area (Å²) in [5, 5.41) is 9.03. The Kier molecular flexibility index (Phi) is 3.77. The lowest BCUT2D eigenvalue weighted by Gasteiger charge is -2.08. The first-order chi connectivity index (χ1) is 9.63. The van der Waals surface area contributed by atoms with Crippen LogP contribution in [0.2, 0.25) is 0 Å². The maximum absolute atomic E-state index is 10.9. The van der Waals surface area contributed by atoms with Crippen molar-refractivity contribution in [2.45, 2.75) is 0 Å². The van der Waals surface area contributed by atoms with Gasteiger partial charge in [-0.2, -0.15) is 5.26 Å². The van der Waals surface area contributed by atoms with Crippen molar-refractivity contribution in [3.63, 3.8) is 0 Å². The SMILES string of the molecule is N#Cc1cc(C=O)ccc1Oc1ccc(C(N)=O)cc1. The fourth-order valence-corrected chi connectivity index (χ4v) is 1.61. The number of hydrogen-bond donors (Lipinski definition) is 1. The van der Waals surface area contributed by atoms with Gasteiger partial charge in [0.05, 0.1) is 5.56 Å². The Morgan fingerprint density at radius 3 is 2.45 bits per heavy atom. The van der Waals surface area contributed by atoms with Crippen molar-refractivity contribution in [3.05, 3.63) is 59.2 Å². The molecule has 5 nitrogen and oxygen atoms in total. The van der Waals surface area contributed by atoms with Crippen molar-refractivity contribution in [2.24, 2.45) is 5.73 Å². The first-order valence-electron chi connectivity index (χ1n) is 5.71. The maximum atomic E-state index is 10.9. The lowest BCUT2D eigenvalue weighted by molar-refractivity contribution is 0.1000. The number of carbonyl (C=O) groups excluding carboxylic acids is 2. The fourth-order valence-electron chi connectivity index (χ4n) is 1.61. The molecule has 5 heteroatoms. The lowest BCUT2D eigenvalue weighted by Crippen LogP contribution is -2.10. The summed E-state index contributed by atoms with van der Waals surface area (Å²) in [7, 11) is 0. The molecule has 0 fully saturated rings. The summed E-state index contributed by atoms with van der Waals surface area (Å²) in [6, 6.07) is 12.7. The second-order valence-electron chi connectivity index (χ2n) is 3.98. The van der Waals surface area contributed by atoms with Gasteiger partial charge in [-0.3, -0.25) is 9.59 Å². The molecule has 98 valence electrons. The summed E-state index contributed by atoms with van der Waals surface area (Å²) in [5.74, 6) is 0.278. The molecule has 0 aliphatic rings. The first kappa shape index (κ1) is 13.3. The van der Waals surface area contributed by atoms with Gasteiger partial charge in [0.1, 0.15) is 23.9 Å². The summed E-state index contributed by atoms with van der Waals surface area (Å²) >= 11 is 0. The summed E-state index contributed by atoms with van der Waals surface area (Å²) in [6.45, 7) is 0. The molecule has 2 aromatic carbocycles. The highest BCUT2D eigenvalue weighted by Crippen LogP contribution is 2.25. The van der Waals surface area contributed by atoms with E-state index in [1.165, 1.54) is 18.2 Å². The van der Waals surface area contributed by atoms with Crippen LogP contribution in [0.1, 0.15) is 26.3 Å². The number of primary amides is 1. The van der Waals surface area contributed by atoms with E-state index in [1.54, 1.807) is 24.3 Å². The molecule has 0 saturated heterocycles. The van der Waals surface area contributed by atoms with Crippen LogP contribution in [0.15, 0.2) is 42.5 Å². The van der Waals surface area contributed by atoms with Gasteiger partial charge in [0, 0.05) is 11.1 Å². The van der Waals surface area contributed by atoms with E-state index >= 15 is 0 Å². The van der Waals surface area contributed by atoms with Crippen molar-refractivity contribution < 1.29 is 14.3 Å². The standard InChI is InChI=1S/C15H10N2O3/c16-8-12-7-10(9-18)1-6-14(12)20-13-4-2-11(3-5-13)15(17)19/h1-7,9H,(H2,17,19). The summed E-state index contributed by atoms with van der Waals surface area (Å²) < 4.78 is 5.54. The zero-order valence-electron chi connectivity index (χ0n) is 10.4. The molecule has 2 rings (SSSR count). The highest BCUT2D eigenvalue weighted by Gasteiger charge is 2.07. The number of ether oxygens (including phenoxy) is 1. The maximum Gasteiger partial charge on any atom is 0.248 e. The van der Waals surface area contributed by atoms with Crippen LogP contribution >= 0.6 is 0 Å². The molecule has 0 aliphatic heterocycles. The number of nitrogens with zero attached hydrogens (tertiary/aromatic N) is 1. The monoisotopic (exact) mass is 266 g/mol. The Bertz CT molecular complexity index is 700. The van der Waals surface area contributed by atoms with Crippen LogP contribution in [0.5, 0.6) is 11.5 Å². The van der Waals surface area contributed by atoms with Gasteiger partial charge >= 0.3 is 0 Å². The van der Waals surface area contributed by atoms with Gasteiger partial charge in [-0.1, -0.05) is 0 Å². The Morgan fingerprint density at radius 1 is 1.20 bits per heavy atom. The normalized spacial score (nSPS) is 9.55. The molecule has 20 heavy (non-hydrogen) atoms. The molecule has 0 unspecified atom stereocenters. The molecule has 2 N–H and O–H groups in total. The molecular formula is C15H10N2O3. The highest BCUT2D eigenvalue weighted by molar-refractivity contribution is 5.92. The number of nitriles is 1. The van der Waals surface area contributed by atoms with Crippen LogP contribution in [0, 0.1) is 11.3 Å². The minimum absolute atomic E-state index is 0.258. The fraction of sp³-hybridized carbons (Fsp3) is 0. The number of rotatable bonds is 4. The largest absolute Gasteiger partial charge is 0.456 e. The average Bonchev–Trinajstić information content (AvgIpc) is 2.48. The van der Waals surface area contributed by atoms with E-state index < -0.39 is 5.91 Å². The van der Waals surface area contributed by atoms with E-state index in [1.807, 2.05) is 6.07 Å². The zero-order chi connectivity index (χ0) is 14.5. The van der Waals surface area contributed by atoms with Gasteiger partial charge < -0.3 is 10.5 Å².